The van der Waals surface area contributed by atoms with Crippen molar-refractivity contribution in [3.63, 3.8) is 0 Å². The van der Waals surface area contributed by atoms with E-state index in [9.17, 15) is 36.2 Å². The molecule has 18 nitrogen and oxygen atoms in total. The normalized spacial score (nSPS) is 12.5. The van der Waals surface area contributed by atoms with Gasteiger partial charge in [0.2, 0.25) is 0 Å². The molecule has 4 heterocycles. The third-order valence-corrected chi connectivity index (χ3v) is 12.3. The molecule has 6 aromatic carbocycles. The van der Waals surface area contributed by atoms with Crippen LogP contribution in [0.15, 0.2) is 164 Å². The minimum absolute atomic E-state index is 0.00222. The highest BCUT2D eigenvalue weighted by Gasteiger charge is 2.24. The zero-order valence-corrected chi connectivity index (χ0v) is 34.9. The summed E-state index contributed by atoms with van der Waals surface area (Å²) in [4.78, 5) is 23.3. The Morgan fingerprint density at radius 2 is 0.923 bits per heavy atom. The smallest absolute Gasteiger partial charge is 0.297 e. The predicted octanol–water partition coefficient (Wildman–Crippen LogP) is 10.2. The lowest BCUT2D eigenvalue weighted by Crippen LogP contribution is -2.00. The van der Waals surface area contributed by atoms with Gasteiger partial charge in [0.1, 0.15) is 55.3 Å². The van der Waals surface area contributed by atoms with Gasteiger partial charge in [0.25, 0.3) is 20.2 Å². The molecule has 0 spiro atoms. The van der Waals surface area contributed by atoms with Crippen LogP contribution in [0.1, 0.15) is 11.1 Å². The molecule has 0 radical (unpaired) electrons. The van der Waals surface area contributed by atoms with Crippen LogP contribution in [0.5, 0.6) is 11.5 Å². The van der Waals surface area contributed by atoms with Gasteiger partial charge in [-0.2, -0.15) is 27.1 Å². The summed E-state index contributed by atoms with van der Waals surface area (Å²) in [6.45, 7) is 0. The molecular weight excluding hydrogens is 873 g/mol. The largest absolute Gasteiger partial charge is 0.506 e. The maximum atomic E-state index is 12.3. The number of benzene rings is 6. The molecular formula is C45H30N10O8S2. The second-order valence-corrected chi connectivity index (χ2v) is 17.5. The van der Waals surface area contributed by atoms with Crippen molar-refractivity contribution < 1.29 is 36.2 Å². The number of imidazole rings is 2. The molecule has 20 heteroatoms. The average molecular weight is 903 g/mol. The highest BCUT2D eigenvalue weighted by atomic mass is 32.2. The van der Waals surface area contributed by atoms with Gasteiger partial charge in [0.05, 0.1) is 33.4 Å². The van der Waals surface area contributed by atoms with E-state index in [1.165, 1.54) is 36.7 Å². The Kier molecular flexibility index (Phi) is 9.91. The Balaban J connectivity index is 0.832. The third-order valence-electron chi connectivity index (χ3n) is 10.4. The fraction of sp³-hybridized carbons (Fsp3) is 0.0222. The summed E-state index contributed by atoms with van der Waals surface area (Å²) in [5.74, 6) is 0.621. The highest BCUT2D eigenvalue weighted by Crippen LogP contribution is 2.40. The Morgan fingerprint density at radius 1 is 0.508 bits per heavy atom. The maximum absolute atomic E-state index is 12.3. The number of hydrogen-bond acceptors (Lipinski definition) is 14. The summed E-state index contributed by atoms with van der Waals surface area (Å²) in [6, 6.07) is 33.8. The third kappa shape index (κ3) is 8.00. The molecule has 0 aliphatic rings. The summed E-state index contributed by atoms with van der Waals surface area (Å²) in [5.41, 5.74) is 7.13. The minimum Gasteiger partial charge on any atom is -0.506 e. The van der Waals surface area contributed by atoms with Crippen molar-refractivity contribution in [2.75, 3.05) is 0 Å². The number of azo groups is 2. The second-order valence-electron chi connectivity index (χ2n) is 14.8. The maximum Gasteiger partial charge on any atom is 0.297 e. The minimum atomic E-state index is -4.74. The molecule has 0 atom stereocenters. The van der Waals surface area contributed by atoms with E-state index >= 15 is 0 Å². The van der Waals surface area contributed by atoms with Crippen molar-refractivity contribution in [3.05, 3.63) is 145 Å². The number of H-pyrrole nitrogens is 2. The predicted molar refractivity (Wildman–Crippen MR) is 241 cm³/mol. The van der Waals surface area contributed by atoms with E-state index in [1.54, 1.807) is 48.5 Å². The van der Waals surface area contributed by atoms with Crippen molar-refractivity contribution in [1.82, 2.24) is 29.9 Å². The van der Waals surface area contributed by atoms with Crippen LogP contribution in [0.25, 0.3) is 66.6 Å². The molecule has 10 rings (SSSR count). The lowest BCUT2D eigenvalue weighted by atomic mass is 10.0. The van der Waals surface area contributed by atoms with E-state index in [4.69, 9.17) is 9.97 Å². The molecule has 4 aromatic heterocycles. The SMILES string of the molecule is O=S(=O)(O)c1c(N=Nc2ccc(-c3nc4ccc(Cc5ccc6nc(-c7ccc(N=Nc8cc(O)c9ncccc9c8S(=O)(=O)O)cc7)[nH]c6c5)cc4[nH]3)cc2)cc(O)c2ncccc12. The summed E-state index contributed by atoms with van der Waals surface area (Å²) in [6.07, 6.45) is 3.41. The fourth-order valence-corrected chi connectivity index (χ4v) is 9.13. The summed E-state index contributed by atoms with van der Waals surface area (Å²) >= 11 is 0. The first-order valence-corrected chi connectivity index (χ1v) is 22.3. The number of pyridine rings is 2. The number of aromatic hydroxyl groups is 2. The first kappa shape index (κ1) is 40.8. The van der Waals surface area contributed by atoms with Crippen molar-refractivity contribution >= 4 is 86.9 Å². The standard InChI is InChI=1S/C45H30N10O8S2/c56-38-22-36(42(64(58,59)60)30-3-1-17-46-40(30)38)54-52-28-11-7-26(8-12-28)44-48-32-15-5-24(20-34(32)50-44)19-25-6-16-33-35(21-25)51-45(49-33)27-9-13-29(14-10-27)53-55-37-23-39(57)41-31(4-2-18-47-41)43(37)65(61,62)63/h1-18,20-23,56-57H,19H2,(H,48,50)(H,49,51)(H,58,59,60)(H,61,62,63). The molecule has 0 amide bonds. The Bertz CT molecular complexity index is 3590. The monoisotopic (exact) mass is 902 g/mol. The van der Waals surface area contributed by atoms with E-state index < -0.39 is 30.0 Å². The number of nitrogens with one attached hydrogen (secondary N) is 2. The molecule has 0 saturated heterocycles. The molecule has 320 valence electrons. The lowest BCUT2D eigenvalue weighted by Gasteiger charge is -2.08. The number of hydrogen-bond donors (Lipinski definition) is 6. The topological polar surface area (TPSA) is 282 Å². The molecule has 0 bridgehead atoms. The second kappa shape index (κ2) is 15.8. The van der Waals surface area contributed by atoms with Gasteiger partial charge in [0.15, 0.2) is 0 Å². The highest BCUT2D eigenvalue weighted by molar-refractivity contribution is 7.86. The zero-order chi connectivity index (χ0) is 45.0. The van der Waals surface area contributed by atoms with E-state index in [0.717, 1.165) is 56.5 Å². The lowest BCUT2D eigenvalue weighted by molar-refractivity contribution is 0.476. The van der Waals surface area contributed by atoms with Crippen LogP contribution in [0.3, 0.4) is 0 Å². The van der Waals surface area contributed by atoms with Gasteiger partial charge in [-0.15, -0.1) is 10.2 Å². The van der Waals surface area contributed by atoms with E-state index in [1.807, 2.05) is 36.4 Å². The van der Waals surface area contributed by atoms with E-state index in [-0.39, 0.29) is 44.7 Å². The Labute approximate surface area is 367 Å². The van der Waals surface area contributed by atoms with Crippen LogP contribution in [-0.4, -0.2) is 66.1 Å². The van der Waals surface area contributed by atoms with Gasteiger partial charge in [-0.1, -0.05) is 12.1 Å². The van der Waals surface area contributed by atoms with Gasteiger partial charge in [-0.3, -0.25) is 19.1 Å². The summed E-state index contributed by atoms with van der Waals surface area (Å²) < 4.78 is 69.0. The van der Waals surface area contributed by atoms with Crippen LogP contribution in [0.2, 0.25) is 0 Å². The number of aromatic amines is 2. The van der Waals surface area contributed by atoms with Crippen LogP contribution in [0, 0.1) is 0 Å². The molecule has 0 aliphatic carbocycles. The molecule has 0 unspecified atom stereocenters. The van der Waals surface area contributed by atoms with Gasteiger partial charge >= 0.3 is 0 Å². The van der Waals surface area contributed by atoms with Crippen molar-refractivity contribution in [3.8, 4) is 34.3 Å². The van der Waals surface area contributed by atoms with E-state index in [0.29, 0.717) is 29.4 Å². The molecule has 0 fully saturated rings. The first-order chi connectivity index (χ1) is 31.2. The number of phenolic OH excluding ortho intramolecular Hbond substituents is 2. The molecule has 6 N–H and O–H groups in total. The van der Waals surface area contributed by atoms with Crippen LogP contribution in [-0.2, 0) is 26.7 Å². The van der Waals surface area contributed by atoms with Crippen molar-refractivity contribution in [2.45, 2.75) is 16.2 Å². The molecule has 10 aromatic rings. The van der Waals surface area contributed by atoms with Gasteiger partial charge in [0, 0.05) is 46.4 Å². The fourth-order valence-electron chi connectivity index (χ4n) is 7.52. The number of aromatic nitrogens is 6. The number of phenols is 2. The van der Waals surface area contributed by atoms with Crippen LogP contribution >= 0.6 is 0 Å². The first-order valence-electron chi connectivity index (χ1n) is 19.4. The van der Waals surface area contributed by atoms with E-state index in [2.05, 4.69) is 40.4 Å². The van der Waals surface area contributed by atoms with Gasteiger partial charge < -0.3 is 20.2 Å². The number of rotatable bonds is 10. The number of nitrogens with zero attached hydrogens (tertiary/aromatic N) is 8. The van der Waals surface area contributed by atoms with Crippen molar-refractivity contribution in [2.24, 2.45) is 20.5 Å². The quantitative estimate of drug-likeness (QED) is 0.0552. The van der Waals surface area contributed by atoms with Gasteiger partial charge in [-0.25, -0.2) is 9.97 Å². The van der Waals surface area contributed by atoms with Crippen LogP contribution < -0.4 is 0 Å². The number of fused-ring (bicyclic) bond motifs is 4. The molecule has 0 aliphatic heterocycles. The molecule has 65 heavy (non-hydrogen) atoms. The summed E-state index contributed by atoms with van der Waals surface area (Å²) in [5, 5.41) is 37.2. The van der Waals surface area contributed by atoms with Crippen LogP contribution in [0.4, 0.5) is 22.7 Å². The van der Waals surface area contributed by atoms with Gasteiger partial charge in [-0.05, 0) is 115 Å². The zero-order valence-electron chi connectivity index (χ0n) is 33.2. The molecule has 0 saturated carbocycles. The summed E-state index contributed by atoms with van der Waals surface area (Å²) in [7, 11) is -9.48. The Hall–Kier alpha value is -8.30. The van der Waals surface area contributed by atoms with Crippen molar-refractivity contribution in [1.29, 1.82) is 0 Å². The average Bonchev–Trinajstić information content (AvgIpc) is 3.91. The Morgan fingerprint density at radius 3 is 1.32 bits per heavy atom.